The van der Waals surface area contributed by atoms with E-state index in [1.165, 1.54) is 11.3 Å². The molecule has 0 radical (unpaired) electrons. The van der Waals surface area contributed by atoms with Gasteiger partial charge in [0.2, 0.25) is 0 Å². The fraction of sp³-hybridized carbons (Fsp3) is 0.278. The number of likely N-dealkylation sites (N-methyl/N-ethyl adjacent to an activating group) is 1. The second-order valence-electron chi connectivity index (χ2n) is 5.37. The number of carboxylic acid groups (broad SMARTS) is 1. The maximum absolute atomic E-state index is 11.6. The number of para-hydroxylation sites is 1. The summed E-state index contributed by atoms with van der Waals surface area (Å²) in [6.07, 6.45) is 1.63. The van der Waals surface area contributed by atoms with Gasteiger partial charge < -0.3 is 19.5 Å². The molecule has 2 aromatic rings. The lowest BCUT2D eigenvalue weighted by Crippen LogP contribution is -2.19. The van der Waals surface area contributed by atoms with Crippen molar-refractivity contribution >= 4 is 29.0 Å². The van der Waals surface area contributed by atoms with Crippen molar-refractivity contribution in [3.05, 3.63) is 46.2 Å². The molecule has 0 aliphatic carbocycles. The quantitative estimate of drug-likeness (QED) is 0.742. The predicted octanol–water partition coefficient (Wildman–Crippen LogP) is 3.32. The van der Waals surface area contributed by atoms with Gasteiger partial charge in [0.15, 0.2) is 11.5 Å². The third-order valence-corrected chi connectivity index (χ3v) is 4.23. The molecule has 1 heterocycles. The van der Waals surface area contributed by atoms with E-state index in [2.05, 4.69) is 0 Å². The molecular formula is C18H21NO4S. The first kappa shape index (κ1) is 18.0. The van der Waals surface area contributed by atoms with Crippen LogP contribution in [0, 0.1) is 0 Å². The highest BCUT2D eigenvalue weighted by atomic mass is 32.1. The molecular weight excluding hydrogens is 326 g/mol. The lowest BCUT2D eigenvalue weighted by molar-refractivity contribution is -0.130. The number of benzene rings is 1. The Labute approximate surface area is 145 Å². The summed E-state index contributed by atoms with van der Waals surface area (Å²) in [5.74, 6) is 0.162. The van der Waals surface area contributed by atoms with Crippen molar-refractivity contribution in [2.45, 2.75) is 0 Å². The zero-order valence-corrected chi connectivity index (χ0v) is 14.8. The van der Waals surface area contributed by atoms with Crippen molar-refractivity contribution < 1.29 is 19.4 Å². The predicted molar refractivity (Wildman–Crippen MR) is 96.9 cm³/mol. The van der Waals surface area contributed by atoms with Gasteiger partial charge in [-0.2, -0.15) is 0 Å². The summed E-state index contributed by atoms with van der Waals surface area (Å²) < 4.78 is 11.2. The van der Waals surface area contributed by atoms with Crippen LogP contribution in [0.4, 0.5) is 0 Å². The van der Waals surface area contributed by atoms with E-state index < -0.39 is 5.97 Å². The number of rotatable bonds is 8. The molecule has 2 rings (SSSR count). The summed E-state index contributed by atoms with van der Waals surface area (Å²) in [6, 6.07) is 9.06. The van der Waals surface area contributed by atoms with Gasteiger partial charge in [0.1, 0.15) is 6.61 Å². The van der Waals surface area contributed by atoms with Crippen molar-refractivity contribution in [3.63, 3.8) is 0 Å². The summed E-state index contributed by atoms with van der Waals surface area (Å²) in [5.41, 5.74) is 0.912. The van der Waals surface area contributed by atoms with Gasteiger partial charge in [0.05, 0.1) is 12.7 Å². The van der Waals surface area contributed by atoms with E-state index in [0.29, 0.717) is 28.5 Å². The second kappa shape index (κ2) is 8.52. The number of ether oxygens (including phenoxy) is 2. The summed E-state index contributed by atoms with van der Waals surface area (Å²) in [4.78, 5) is 14.3. The Kier molecular flexibility index (Phi) is 6.40. The number of carboxylic acids is 1. The molecule has 0 bridgehead atoms. The minimum atomic E-state index is -0.973. The highest BCUT2D eigenvalue weighted by Gasteiger charge is 2.15. The zero-order valence-electron chi connectivity index (χ0n) is 14.0. The van der Waals surface area contributed by atoms with Gasteiger partial charge in [-0.15, -0.1) is 11.3 Å². The summed E-state index contributed by atoms with van der Waals surface area (Å²) >= 11 is 1.39. The van der Waals surface area contributed by atoms with Gasteiger partial charge in [-0.25, -0.2) is 4.79 Å². The molecule has 0 amide bonds. The van der Waals surface area contributed by atoms with E-state index in [0.717, 1.165) is 6.54 Å². The first-order valence-corrected chi connectivity index (χ1v) is 8.34. The number of aliphatic carboxylic acids is 1. The van der Waals surface area contributed by atoms with Gasteiger partial charge >= 0.3 is 5.97 Å². The summed E-state index contributed by atoms with van der Waals surface area (Å²) in [7, 11) is 5.50. The van der Waals surface area contributed by atoms with Crippen LogP contribution in [0.2, 0.25) is 0 Å². The molecule has 0 spiro atoms. The molecule has 1 aromatic heterocycles. The van der Waals surface area contributed by atoms with Crippen LogP contribution in [0.15, 0.2) is 35.7 Å². The van der Waals surface area contributed by atoms with Gasteiger partial charge in [-0.3, -0.25) is 0 Å². The third-order valence-electron chi connectivity index (χ3n) is 3.33. The van der Waals surface area contributed by atoms with Crippen LogP contribution < -0.4 is 9.47 Å². The van der Waals surface area contributed by atoms with E-state index in [-0.39, 0.29) is 5.57 Å². The van der Waals surface area contributed by atoms with Crippen molar-refractivity contribution in [1.29, 1.82) is 0 Å². The first-order valence-electron chi connectivity index (χ1n) is 7.46. The van der Waals surface area contributed by atoms with E-state index in [1.807, 2.05) is 42.6 Å². The maximum atomic E-state index is 11.6. The topological polar surface area (TPSA) is 59.0 Å². The van der Waals surface area contributed by atoms with Crippen molar-refractivity contribution in [2.24, 2.45) is 0 Å². The van der Waals surface area contributed by atoms with Crippen LogP contribution in [0.25, 0.3) is 11.6 Å². The smallest absolute Gasteiger partial charge is 0.337 e. The number of hydrogen-bond donors (Lipinski definition) is 1. The Morgan fingerprint density at radius 2 is 2.08 bits per heavy atom. The Morgan fingerprint density at radius 3 is 2.67 bits per heavy atom. The highest BCUT2D eigenvalue weighted by Crippen LogP contribution is 2.34. The van der Waals surface area contributed by atoms with Crippen LogP contribution >= 0.6 is 11.3 Å². The fourth-order valence-electron chi connectivity index (χ4n) is 2.12. The molecule has 0 fully saturated rings. The van der Waals surface area contributed by atoms with Gasteiger partial charge in [0.25, 0.3) is 0 Å². The third kappa shape index (κ3) is 4.59. The second-order valence-corrected chi connectivity index (χ2v) is 6.32. The maximum Gasteiger partial charge on any atom is 0.337 e. The minimum absolute atomic E-state index is 0.232. The Balaban J connectivity index is 2.40. The summed E-state index contributed by atoms with van der Waals surface area (Å²) in [5, 5.41) is 11.4. The number of carbonyl (C=O) groups is 1. The monoisotopic (exact) mass is 347 g/mol. The van der Waals surface area contributed by atoms with E-state index in [4.69, 9.17) is 9.47 Å². The Morgan fingerprint density at radius 1 is 1.29 bits per heavy atom. The molecule has 0 saturated carbocycles. The average molecular weight is 347 g/mol. The van der Waals surface area contributed by atoms with Crippen molar-refractivity contribution in [1.82, 2.24) is 4.90 Å². The van der Waals surface area contributed by atoms with Crippen LogP contribution in [0.5, 0.6) is 11.5 Å². The number of thiophene rings is 1. The van der Waals surface area contributed by atoms with Gasteiger partial charge in [-0.1, -0.05) is 18.2 Å². The highest BCUT2D eigenvalue weighted by molar-refractivity contribution is 7.11. The molecule has 24 heavy (non-hydrogen) atoms. The molecule has 0 aliphatic rings. The van der Waals surface area contributed by atoms with Crippen LogP contribution in [0.3, 0.4) is 0 Å². The normalized spacial score (nSPS) is 11.6. The zero-order chi connectivity index (χ0) is 17.5. The molecule has 5 nitrogen and oxygen atoms in total. The largest absolute Gasteiger partial charge is 0.493 e. The van der Waals surface area contributed by atoms with Crippen molar-refractivity contribution in [3.8, 4) is 11.5 Å². The van der Waals surface area contributed by atoms with E-state index in [9.17, 15) is 9.90 Å². The SMILES string of the molecule is COc1cccc(/C=C(\C(=O)O)c2cccs2)c1OCCN(C)C. The molecule has 0 atom stereocenters. The lowest BCUT2D eigenvalue weighted by Gasteiger charge is -2.15. The van der Waals surface area contributed by atoms with Gasteiger partial charge in [-0.05, 0) is 37.7 Å². The van der Waals surface area contributed by atoms with Crippen LogP contribution in [-0.4, -0.2) is 50.3 Å². The number of hydrogen-bond acceptors (Lipinski definition) is 5. The number of nitrogens with zero attached hydrogens (tertiary/aromatic N) is 1. The fourth-order valence-corrected chi connectivity index (χ4v) is 2.85. The molecule has 0 aliphatic heterocycles. The Hall–Kier alpha value is -2.31. The molecule has 6 heteroatoms. The van der Waals surface area contributed by atoms with Crippen LogP contribution in [-0.2, 0) is 4.79 Å². The number of methoxy groups -OCH3 is 1. The molecule has 1 aromatic carbocycles. The standard InChI is InChI=1S/C18H21NO4S/c1-19(2)9-10-23-17-13(6-4-7-15(17)22-3)12-14(18(20)21)16-8-5-11-24-16/h4-8,11-12H,9-10H2,1-3H3,(H,20,21)/b14-12-. The van der Waals surface area contributed by atoms with Gasteiger partial charge in [0, 0.05) is 17.0 Å². The van der Waals surface area contributed by atoms with Crippen molar-refractivity contribution in [2.75, 3.05) is 34.4 Å². The Bertz CT molecular complexity index is 708. The van der Waals surface area contributed by atoms with E-state index >= 15 is 0 Å². The molecule has 0 saturated heterocycles. The van der Waals surface area contributed by atoms with E-state index in [1.54, 1.807) is 25.3 Å². The molecule has 128 valence electrons. The van der Waals surface area contributed by atoms with Crippen LogP contribution in [0.1, 0.15) is 10.4 Å². The molecule has 1 N–H and O–H groups in total. The lowest BCUT2D eigenvalue weighted by atomic mass is 10.1. The first-order chi connectivity index (χ1) is 11.5. The molecule has 0 unspecified atom stereocenters. The minimum Gasteiger partial charge on any atom is -0.493 e. The summed E-state index contributed by atoms with van der Waals surface area (Å²) in [6.45, 7) is 1.23. The average Bonchev–Trinajstić information content (AvgIpc) is 3.06.